The predicted molar refractivity (Wildman–Crippen MR) is 76.4 cm³/mol. The van der Waals surface area contributed by atoms with Gasteiger partial charge >= 0.3 is 0 Å². The summed E-state index contributed by atoms with van der Waals surface area (Å²) in [6.45, 7) is 1.58. The van der Waals surface area contributed by atoms with E-state index in [0.717, 1.165) is 51.0 Å². The van der Waals surface area contributed by atoms with Crippen molar-refractivity contribution in [2.45, 2.75) is 38.1 Å². The van der Waals surface area contributed by atoms with E-state index in [1.807, 2.05) is 10.9 Å². The van der Waals surface area contributed by atoms with E-state index in [-0.39, 0.29) is 11.8 Å². The van der Waals surface area contributed by atoms with Crippen molar-refractivity contribution in [2.75, 3.05) is 18.5 Å². The Kier molecular flexibility index (Phi) is 4.16. The number of aromatic nitrogens is 2. The monoisotopic (exact) mass is 275 g/mol. The fourth-order valence-electron chi connectivity index (χ4n) is 2.83. The summed E-state index contributed by atoms with van der Waals surface area (Å²) in [6, 6.07) is 0.395. The smallest absolute Gasteiger partial charge is 0.227 e. The first-order chi connectivity index (χ1) is 9.83. The molecule has 1 unspecified atom stereocenters. The molecule has 0 spiro atoms. The number of amides is 1. The van der Waals surface area contributed by atoms with Crippen molar-refractivity contribution in [3.8, 4) is 0 Å². The SMILES string of the molecule is O=C(Nc1cnn(C2CCOCC2)c1)C1CC=CCC1. The van der Waals surface area contributed by atoms with Gasteiger partial charge in [0, 0.05) is 25.3 Å². The van der Waals surface area contributed by atoms with Gasteiger partial charge in [0.25, 0.3) is 0 Å². The van der Waals surface area contributed by atoms with Gasteiger partial charge in [0.15, 0.2) is 0 Å². The molecule has 1 aromatic rings. The van der Waals surface area contributed by atoms with Gasteiger partial charge in [0.1, 0.15) is 0 Å². The van der Waals surface area contributed by atoms with Crippen LogP contribution in [-0.2, 0) is 9.53 Å². The average Bonchev–Trinajstić information content (AvgIpc) is 2.97. The fourth-order valence-corrected chi connectivity index (χ4v) is 2.83. The van der Waals surface area contributed by atoms with Crippen LogP contribution in [0.1, 0.15) is 38.1 Å². The zero-order chi connectivity index (χ0) is 13.8. The van der Waals surface area contributed by atoms with Crippen molar-refractivity contribution in [1.29, 1.82) is 0 Å². The van der Waals surface area contributed by atoms with Gasteiger partial charge in [0.2, 0.25) is 5.91 Å². The Hall–Kier alpha value is -1.62. The van der Waals surface area contributed by atoms with E-state index in [2.05, 4.69) is 22.6 Å². The molecule has 5 nitrogen and oxygen atoms in total. The van der Waals surface area contributed by atoms with Crippen LogP contribution in [0.3, 0.4) is 0 Å². The molecule has 1 aliphatic heterocycles. The lowest BCUT2D eigenvalue weighted by Crippen LogP contribution is -2.23. The third-order valence-corrected chi connectivity index (χ3v) is 4.07. The zero-order valence-corrected chi connectivity index (χ0v) is 11.6. The van der Waals surface area contributed by atoms with Crippen LogP contribution in [0, 0.1) is 5.92 Å². The molecule has 1 aliphatic carbocycles. The number of nitrogens with zero attached hydrogens (tertiary/aromatic N) is 2. The molecule has 1 saturated heterocycles. The number of anilines is 1. The first kappa shape index (κ1) is 13.4. The maximum absolute atomic E-state index is 12.2. The predicted octanol–water partition coefficient (Wildman–Crippen LogP) is 2.53. The molecule has 5 heteroatoms. The Labute approximate surface area is 119 Å². The van der Waals surface area contributed by atoms with Crippen LogP contribution in [0.25, 0.3) is 0 Å². The lowest BCUT2D eigenvalue weighted by molar-refractivity contribution is -0.120. The number of carbonyl (C=O) groups excluding carboxylic acids is 1. The minimum Gasteiger partial charge on any atom is -0.381 e. The summed E-state index contributed by atoms with van der Waals surface area (Å²) >= 11 is 0. The van der Waals surface area contributed by atoms with Crippen molar-refractivity contribution in [1.82, 2.24) is 9.78 Å². The molecule has 1 aromatic heterocycles. The van der Waals surface area contributed by atoms with E-state index in [4.69, 9.17) is 4.74 Å². The molecule has 108 valence electrons. The largest absolute Gasteiger partial charge is 0.381 e. The number of carbonyl (C=O) groups is 1. The summed E-state index contributed by atoms with van der Waals surface area (Å²) in [6.07, 6.45) is 12.7. The Balaban J connectivity index is 1.59. The molecule has 1 fully saturated rings. The molecule has 2 heterocycles. The van der Waals surface area contributed by atoms with E-state index in [0.29, 0.717) is 6.04 Å². The summed E-state index contributed by atoms with van der Waals surface area (Å²) in [5.74, 6) is 0.215. The summed E-state index contributed by atoms with van der Waals surface area (Å²) < 4.78 is 7.31. The molecule has 1 N–H and O–H groups in total. The van der Waals surface area contributed by atoms with E-state index in [9.17, 15) is 4.79 Å². The van der Waals surface area contributed by atoms with E-state index in [1.165, 1.54) is 0 Å². The van der Waals surface area contributed by atoms with Gasteiger partial charge in [-0.15, -0.1) is 0 Å². The Morgan fingerprint density at radius 3 is 2.90 bits per heavy atom. The summed E-state index contributed by atoms with van der Waals surface area (Å²) in [7, 11) is 0. The second-order valence-corrected chi connectivity index (χ2v) is 5.52. The molecule has 1 atom stereocenters. The maximum atomic E-state index is 12.2. The van der Waals surface area contributed by atoms with Gasteiger partial charge in [-0.1, -0.05) is 12.2 Å². The second-order valence-electron chi connectivity index (χ2n) is 5.52. The molecule has 0 bridgehead atoms. The minimum atomic E-state index is 0.103. The standard InChI is InChI=1S/C15H21N3O2/c19-15(12-4-2-1-3-5-12)17-13-10-16-18(11-13)14-6-8-20-9-7-14/h1-2,10-12,14H,3-9H2,(H,17,19). The zero-order valence-electron chi connectivity index (χ0n) is 11.6. The number of nitrogens with one attached hydrogen (secondary N) is 1. The molecule has 0 saturated carbocycles. The molecule has 0 radical (unpaired) electrons. The Bertz CT molecular complexity index is 489. The van der Waals surface area contributed by atoms with Gasteiger partial charge in [-0.3, -0.25) is 9.48 Å². The second kappa shape index (κ2) is 6.22. The quantitative estimate of drug-likeness (QED) is 0.862. The molecule has 20 heavy (non-hydrogen) atoms. The number of rotatable bonds is 3. The van der Waals surface area contributed by atoms with E-state index >= 15 is 0 Å². The first-order valence-corrected chi connectivity index (χ1v) is 7.40. The molecule has 2 aliphatic rings. The van der Waals surface area contributed by atoms with E-state index in [1.54, 1.807) is 6.20 Å². The highest BCUT2D eigenvalue weighted by Gasteiger charge is 2.20. The molecular formula is C15H21N3O2. The summed E-state index contributed by atoms with van der Waals surface area (Å²) in [4.78, 5) is 12.2. The van der Waals surface area contributed by atoms with Crippen LogP contribution < -0.4 is 5.32 Å². The minimum absolute atomic E-state index is 0.103. The summed E-state index contributed by atoms with van der Waals surface area (Å²) in [5, 5.41) is 7.35. The normalized spacial score (nSPS) is 23.7. The van der Waals surface area contributed by atoms with Gasteiger partial charge in [-0.05, 0) is 32.1 Å². The molecule has 3 rings (SSSR count). The van der Waals surface area contributed by atoms with Gasteiger partial charge in [0.05, 0.1) is 17.9 Å². The number of allylic oxidation sites excluding steroid dienone is 2. The van der Waals surface area contributed by atoms with Crippen molar-refractivity contribution in [3.63, 3.8) is 0 Å². The summed E-state index contributed by atoms with van der Waals surface area (Å²) in [5.41, 5.74) is 0.802. The number of hydrogen-bond acceptors (Lipinski definition) is 3. The van der Waals surface area contributed by atoms with Crippen molar-refractivity contribution in [2.24, 2.45) is 5.92 Å². The van der Waals surface area contributed by atoms with Gasteiger partial charge in [-0.25, -0.2) is 0 Å². The number of hydrogen-bond donors (Lipinski definition) is 1. The molecule has 1 amide bonds. The van der Waals surface area contributed by atoms with Crippen LogP contribution >= 0.6 is 0 Å². The Morgan fingerprint density at radius 2 is 2.15 bits per heavy atom. The topological polar surface area (TPSA) is 56.2 Å². The van der Waals surface area contributed by atoms with Crippen molar-refractivity contribution >= 4 is 11.6 Å². The fraction of sp³-hybridized carbons (Fsp3) is 0.600. The third-order valence-electron chi connectivity index (χ3n) is 4.07. The van der Waals surface area contributed by atoms with Crippen LogP contribution in [0.2, 0.25) is 0 Å². The highest BCUT2D eigenvalue weighted by atomic mass is 16.5. The van der Waals surface area contributed by atoms with Crippen LogP contribution in [0.5, 0.6) is 0 Å². The average molecular weight is 275 g/mol. The molecular weight excluding hydrogens is 254 g/mol. The lowest BCUT2D eigenvalue weighted by atomic mass is 9.94. The highest BCUT2D eigenvalue weighted by Crippen LogP contribution is 2.23. The van der Waals surface area contributed by atoms with Crippen molar-refractivity contribution in [3.05, 3.63) is 24.5 Å². The van der Waals surface area contributed by atoms with Crippen LogP contribution in [0.15, 0.2) is 24.5 Å². The highest BCUT2D eigenvalue weighted by molar-refractivity contribution is 5.92. The number of ether oxygens (including phenoxy) is 1. The van der Waals surface area contributed by atoms with Gasteiger partial charge in [-0.2, -0.15) is 5.10 Å². The maximum Gasteiger partial charge on any atom is 0.227 e. The van der Waals surface area contributed by atoms with Crippen LogP contribution in [0.4, 0.5) is 5.69 Å². The van der Waals surface area contributed by atoms with Crippen LogP contribution in [-0.4, -0.2) is 28.9 Å². The van der Waals surface area contributed by atoms with E-state index < -0.39 is 0 Å². The third kappa shape index (κ3) is 3.10. The van der Waals surface area contributed by atoms with Gasteiger partial charge < -0.3 is 10.1 Å². The first-order valence-electron chi connectivity index (χ1n) is 7.40. The lowest BCUT2D eigenvalue weighted by Gasteiger charge is -2.22. The van der Waals surface area contributed by atoms with Crippen molar-refractivity contribution < 1.29 is 9.53 Å². The Morgan fingerprint density at radius 1 is 1.30 bits per heavy atom. The molecule has 0 aromatic carbocycles.